The van der Waals surface area contributed by atoms with Crippen LogP contribution in [0.5, 0.6) is 0 Å². The van der Waals surface area contributed by atoms with Crippen LogP contribution in [0, 0.1) is 0 Å². The van der Waals surface area contributed by atoms with Gasteiger partial charge >= 0.3 is 6.18 Å². The number of aromatic nitrogens is 2. The third-order valence-electron chi connectivity index (χ3n) is 4.23. The average Bonchev–Trinajstić information content (AvgIpc) is 3.05. The van der Waals surface area contributed by atoms with Crippen LogP contribution < -0.4 is 0 Å². The highest BCUT2D eigenvalue weighted by Crippen LogP contribution is 2.30. The number of rotatable bonds is 2. The van der Waals surface area contributed by atoms with Crippen LogP contribution in [0.3, 0.4) is 0 Å². The Morgan fingerprint density at radius 2 is 2.04 bits per heavy atom. The number of carbonyl (C=O) groups is 1. The van der Waals surface area contributed by atoms with E-state index in [-0.39, 0.29) is 11.9 Å². The van der Waals surface area contributed by atoms with Crippen LogP contribution in [-0.4, -0.2) is 40.3 Å². The van der Waals surface area contributed by atoms with E-state index in [1.807, 2.05) is 0 Å². The Morgan fingerprint density at radius 1 is 1.30 bits per heavy atom. The molecule has 0 spiro atoms. The van der Waals surface area contributed by atoms with Gasteiger partial charge in [0, 0.05) is 19.3 Å². The first-order valence-electron chi connectivity index (χ1n) is 7.67. The first-order valence-corrected chi connectivity index (χ1v) is 7.67. The van der Waals surface area contributed by atoms with E-state index in [4.69, 9.17) is 4.74 Å². The maximum atomic E-state index is 12.6. The minimum absolute atomic E-state index is 0.0282. The Hall–Kier alpha value is -1.99. The molecule has 0 aliphatic carbocycles. The van der Waals surface area contributed by atoms with Gasteiger partial charge in [-0.25, -0.2) is 0 Å². The number of ether oxygens (including phenoxy) is 1. The van der Waals surface area contributed by atoms with Gasteiger partial charge in [0.15, 0.2) is 5.69 Å². The van der Waals surface area contributed by atoms with Gasteiger partial charge in [-0.05, 0) is 31.7 Å². The third-order valence-corrected chi connectivity index (χ3v) is 4.23. The summed E-state index contributed by atoms with van der Waals surface area (Å²) < 4.78 is 44.3. The van der Waals surface area contributed by atoms with Crippen LogP contribution >= 0.6 is 0 Å². The van der Waals surface area contributed by atoms with Crippen molar-refractivity contribution < 1.29 is 22.7 Å². The normalized spacial score (nSPS) is 20.1. The summed E-state index contributed by atoms with van der Waals surface area (Å²) in [6.45, 7) is 1.67. The van der Waals surface area contributed by atoms with Gasteiger partial charge < -0.3 is 9.64 Å². The number of piperidine rings is 1. The second kappa shape index (κ2) is 6.25. The average molecular weight is 329 g/mol. The van der Waals surface area contributed by atoms with Gasteiger partial charge in [0.1, 0.15) is 0 Å². The fraction of sp³-hybridized carbons (Fsp3) is 0.600. The lowest BCUT2D eigenvalue weighted by atomic mass is 10.0. The SMILES string of the molecule is O=C(C1=COCCC1)N1CCC(n2ccc(C(F)(F)F)n2)CC1. The maximum absolute atomic E-state index is 12.6. The predicted octanol–water partition coefficient (Wildman–Crippen LogP) is 2.76. The molecule has 1 saturated heterocycles. The molecule has 1 aromatic rings. The van der Waals surface area contributed by atoms with E-state index in [1.54, 1.807) is 4.90 Å². The standard InChI is InChI=1S/C15H18F3N3O2/c16-15(17,18)13-5-8-21(19-13)12-3-6-20(7-4-12)14(22)11-2-1-9-23-10-11/h5,8,10,12H,1-4,6-7,9H2. The number of alkyl halides is 3. The quantitative estimate of drug-likeness (QED) is 0.838. The zero-order chi connectivity index (χ0) is 16.4. The lowest BCUT2D eigenvalue weighted by Crippen LogP contribution is -2.40. The second-order valence-electron chi connectivity index (χ2n) is 5.82. The summed E-state index contributed by atoms with van der Waals surface area (Å²) in [5, 5.41) is 3.62. The van der Waals surface area contributed by atoms with Gasteiger partial charge in [0.2, 0.25) is 0 Å². The molecule has 126 valence electrons. The Kier molecular flexibility index (Phi) is 4.32. The molecule has 0 atom stereocenters. The summed E-state index contributed by atoms with van der Waals surface area (Å²) in [6, 6.07) is 0.883. The van der Waals surface area contributed by atoms with Crippen LogP contribution in [0.15, 0.2) is 24.1 Å². The van der Waals surface area contributed by atoms with E-state index < -0.39 is 11.9 Å². The summed E-state index contributed by atoms with van der Waals surface area (Å²) >= 11 is 0. The molecule has 0 bridgehead atoms. The van der Waals surface area contributed by atoms with Gasteiger partial charge in [-0.1, -0.05) is 0 Å². The third kappa shape index (κ3) is 3.51. The fourth-order valence-corrected chi connectivity index (χ4v) is 2.95. The zero-order valence-electron chi connectivity index (χ0n) is 12.6. The van der Waals surface area contributed by atoms with Gasteiger partial charge in [-0.15, -0.1) is 0 Å². The summed E-state index contributed by atoms with van der Waals surface area (Å²) in [5.74, 6) is -0.0282. The number of likely N-dealkylation sites (tertiary alicyclic amines) is 1. The summed E-state index contributed by atoms with van der Waals surface area (Å²) in [7, 11) is 0. The molecule has 3 rings (SSSR count). The Balaban J connectivity index is 1.59. The molecule has 0 saturated carbocycles. The Labute approximate surface area is 131 Å². The molecule has 0 unspecified atom stereocenters. The molecule has 5 nitrogen and oxygen atoms in total. The minimum atomic E-state index is -4.42. The van der Waals surface area contributed by atoms with E-state index in [9.17, 15) is 18.0 Å². The smallest absolute Gasteiger partial charge is 0.435 e. The topological polar surface area (TPSA) is 47.4 Å². The van der Waals surface area contributed by atoms with E-state index >= 15 is 0 Å². The first kappa shape index (κ1) is 15.9. The molecule has 1 fully saturated rings. The fourth-order valence-electron chi connectivity index (χ4n) is 2.95. The summed E-state index contributed by atoms with van der Waals surface area (Å²) in [4.78, 5) is 14.1. The summed E-state index contributed by atoms with van der Waals surface area (Å²) in [6.07, 6.45) is 1.21. The van der Waals surface area contributed by atoms with Gasteiger partial charge in [-0.3, -0.25) is 9.48 Å². The maximum Gasteiger partial charge on any atom is 0.435 e. The number of hydrogen-bond acceptors (Lipinski definition) is 3. The van der Waals surface area contributed by atoms with Crippen molar-refractivity contribution >= 4 is 5.91 Å². The molecule has 8 heteroatoms. The monoisotopic (exact) mass is 329 g/mol. The van der Waals surface area contributed by atoms with Crippen molar-refractivity contribution in [3.05, 3.63) is 29.8 Å². The van der Waals surface area contributed by atoms with E-state index in [0.717, 1.165) is 12.5 Å². The van der Waals surface area contributed by atoms with Crippen molar-refractivity contribution in [1.82, 2.24) is 14.7 Å². The lowest BCUT2D eigenvalue weighted by molar-refractivity contribution is -0.141. The van der Waals surface area contributed by atoms with E-state index in [1.165, 1.54) is 17.1 Å². The van der Waals surface area contributed by atoms with Crippen molar-refractivity contribution in [2.45, 2.75) is 37.9 Å². The largest absolute Gasteiger partial charge is 0.501 e. The molecule has 0 N–H and O–H groups in total. The van der Waals surface area contributed by atoms with Crippen molar-refractivity contribution in [3.8, 4) is 0 Å². The number of nitrogens with zero attached hydrogens (tertiary/aromatic N) is 3. The number of halogens is 3. The van der Waals surface area contributed by atoms with Crippen LogP contribution in [0.4, 0.5) is 13.2 Å². The minimum Gasteiger partial charge on any atom is -0.501 e. The number of amides is 1. The van der Waals surface area contributed by atoms with Crippen LogP contribution in [0.25, 0.3) is 0 Å². The number of carbonyl (C=O) groups excluding carboxylic acids is 1. The van der Waals surface area contributed by atoms with Crippen LogP contribution in [0.1, 0.15) is 37.4 Å². The van der Waals surface area contributed by atoms with E-state index in [0.29, 0.717) is 44.5 Å². The highest BCUT2D eigenvalue weighted by Gasteiger charge is 2.34. The van der Waals surface area contributed by atoms with Crippen molar-refractivity contribution in [2.75, 3.05) is 19.7 Å². The first-order chi connectivity index (χ1) is 10.9. The van der Waals surface area contributed by atoms with Crippen LogP contribution in [0.2, 0.25) is 0 Å². The second-order valence-corrected chi connectivity index (χ2v) is 5.82. The molecule has 1 aromatic heterocycles. The highest BCUT2D eigenvalue weighted by molar-refractivity contribution is 5.93. The van der Waals surface area contributed by atoms with Crippen LogP contribution in [-0.2, 0) is 15.7 Å². The molecule has 3 heterocycles. The van der Waals surface area contributed by atoms with Crippen molar-refractivity contribution in [3.63, 3.8) is 0 Å². The number of hydrogen-bond donors (Lipinski definition) is 0. The molecule has 2 aliphatic rings. The van der Waals surface area contributed by atoms with E-state index in [2.05, 4.69) is 5.10 Å². The van der Waals surface area contributed by atoms with Gasteiger partial charge in [0.05, 0.1) is 24.5 Å². The zero-order valence-corrected chi connectivity index (χ0v) is 12.6. The van der Waals surface area contributed by atoms with Crippen molar-refractivity contribution in [1.29, 1.82) is 0 Å². The van der Waals surface area contributed by atoms with Crippen molar-refractivity contribution in [2.24, 2.45) is 0 Å². The molecule has 0 radical (unpaired) electrons. The molecule has 2 aliphatic heterocycles. The highest BCUT2D eigenvalue weighted by atomic mass is 19.4. The lowest BCUT2D eigenvalue weighted by Gasteiger charge is -2.33. The molecule has 23 heavy (non-hydrogen) atoms. The predicted molar refractivity (Wildman–Crippen MR) is 75.3 cm³/mol. The Bertz CT molecular complexity index is 601. The molecule has 0 aromatic carbocycles. The summed E-state index contributed by atoms with van der Waals surface area (Å²) in [5.41, 5.74) is -0.200. The molecule has 1 amide bonds. The molecular weight excluding hydrogens is 311 g/mol. The van der Waals surface area contributed by atoms with Gasteiger partial charge in [-0.2, -0.15) is 18.3 Å². The Morgan fingerprint density at radius 3 is 2.61 bits per heavy atom. The molecular formula is C15H18F3N3O2. The van der Waals surface area contributed by atoms with Gasteiger partial charge in [0.25, 0.3) is 5.91 Å².